The molecule has 0 saturated heterocycles. The molecule has 104 valence electrons. The molecule has 0 unspecified atom stereocenters. The molecule has 0 saturated carbocycles. The highest BCUT2D eigenvalue weighted by molar-refractivity contribution is 5.94. The topological polar surface area (TPSA) is 102 Å². The number of nitrogens with two attached hydrogens (primary N) is 1. The van der Waals surface area contributed by atoms with Crippen LogP contribution >= 0.6 is 0 Å². The van der Waals surface area contributed by atoms with Gasteiger partial charge in [0.25, 0.3) is 0 Å². The van der Waals surface area contributed by atoms with E-state index < -0.39 is 0 Å². The molecular formula is C13H16N6O. The maximum atomic E-state index is 8.84. The summed E-state index contributed by atoms with van der Waals surface area (Å²) in [5, 5.41) is 11.9. The Kier molecular flexibility index (Phi) is 3.32. The number of hydrogen-bond acceptors (Lipinski definition) is 5. The smallest absolute Gasteiger partial charge is 0.206 e. The van der Waals surface area contributed by atoms with Crippen molar-refractivity contribution >= 4 is 5.84 Å². The number of aryl methyl sites for hydroxylation is 1. The van der Waals surface area contributed by atoms with Gasteiger partial charge in [0, 0.05) is 23.7 Å². The van der Waals surface area contributed by atoms with E-state index in [0.29, 0.717) is 5.82 Å². The Balaban J connectivity index is 2.14. The molecule has 0 radical (unpaired) electrons. The van der Waals surface area contributed by atoms with Gasteiger partial charge in [0.1, 0.15) is 12.1 Å². The third kappa shape index (κ3) is 2.11. The molecule has 2 heterocycles. The van der Waals surface area contributed by atoms with Crippen molar-refractivity contribution in [3.05, 3.63) is 35.8 Å². The molecule has 3 rings (SSSR count). The maximum absolute atomic E-state index is 8.84. The maximum Gasteiger partial charge on any atom is 0.206 e. The average molecular weight is 272 g/mol. The number of nitrogens with zero attached hydrogens (tertiary/aromatic N) is 5. The van der Waals surface area contributed by atoms with Crippen molar-refractivity contribution in [2.75, 3.05) is 0 Å². The van der Waals surface area contributed by atoms with Crippen molar-refractivity contribution in [3.63, 3.8) is 0 Å². The average Bonchev–Trinajstić information content (AvgIpc) is 2.83. The van der Waals surface area contributed by atoms with Crippen LogP contribution in [0, 0.1) is 0 Å². The second-order valence-corrected chi connectivity index (χ2v) is 4.79. The summed E-state index contributed by atoms with van der Waals surface area (Å²) in [5.74, 6) is 1.13. The first-order valence-electron chi connectivity index (χ1n) is 6.65. The van der Waals surface area contributed by atoms with Gasteiger partial charge in [-0.15, -0.1) is 0 Å². The molecule has 7 nitrogen and oxygen atoms in total. The third-order valence-corrected chi connectivity index (χ3v) is 3.56. The Morgan fingerprint density at radius 1 is 1.20 bits per heavy atom. The van der Waals surface area contributed by atoms with Crippen molar-refractivity contribution in [2.24, 2.45) is 10.9 Å². The standard InChI is InChI=1S/C13H16N6O/c14-11(18-20)13-15-6-7-19(13)12-9-4-2-1-3-5-10(9)16-8-17-12/h6-8,20H,1-5H2,(H2,14,18). The lowest BCUT2D eigenvalue weighted by atomic mass is 10.1. The first-order chi connectivity index (χ1) is 9.81. The predicted octanol–water partition coefficient (Wildman–Crippen LogP) is 1.03. The summed E-state index contributed by atoms with van der Waals surface area (Å²) in [6, 6.07) is 0. The molecule has 20 heavy (non-hydrogen) atoms. The summed E-state index contributed by atoms with van der Waals surface area (Å²) in [5.41, 5.74) is 7.88. The number of oxime groups is 1. The van der Waals surface area contributed by atoms with Crippen molar-refractivity contribution < 1.29 is 5.21 Å². The first-order valence-corrected chi connectivity index (χ1v) is 6.65. The molecule has 0 fully saturated rings. The molecule has 3 N–H and O–H groups in total. The van der Waals surface area contributed by atoms with Gasteiger partial charge >= 0.3 is 0 Å². The van der Waals surface area contributed by atoms with Gasteiger partial charge in [-0.3, -0.25) is 4.57 Å². The zero-order chi connectivity index (χ0) is 13.9. The SMILES string of the molecule is N/C(=N/O)c1nccn1-c1ncnc2c1CCCCC2. The molecule has 0 aromatic carbocycles. The van der Waals surface area contributed by atoms with E-state index in [1.165, 1.54) is 6.42 Å². The van der Waals surface area contributed by atoms with Gasteiger partial charge in [-0.1, -0.05) is 11.6 Å². The highest BCUT2D eigenvalue weighted by atomic mass is 16.4. The molecule has 0 atom stereocenters. The van der Waals surface area contributed by atoms with Crippen molar-refractivity contribution in [1.29, 1.82) is 0 Å². The lowest BCUT2D eigenvalue weighted by Crippen LogP contribution is -2.20. The number of imidazole rings is 1. The Morgan fingerprint density at radius 3 is 2.90 bits per heavy atom. The minimum atomic E-state index is -0.0315. The predicted molar refractivity (Wildman–Crippen MR) is 72.9 cm³/mol. The second-order valence-electron chi connectivity index (χ2n) is 4.79. The fourth-order valence-corrected chi connectivity index (χ4v) is 2.60. The number of hydrogen-bond donors (Lipinski definition) is 2. The monoisotopic (exact) mass is 272 g/mol. The lowest BCUT2D eigenvalue weighted by Gasteiger charge is -2.12. The molecule has 7 heteroatoms. The van der Waals surface area contributed by atoms with Gasteiger partial charge in [0.15, 0.2) is 5.82 Å². The normalized spacial score (nSPS) is 15.7. The highest BCUT2D eigenvalue weighted by Gasteiger charge is 2.18. The van der Waals surface area contributed by atoms with Crippen molar-refractivity contribution in [3.8, 4) is 5.82 Å². The number of rotatable bonds is 2. The zero-order valence-electron chi connectivity index (χ0n) is 11.0. The van der Waals surface area contributed by atoms with E-state index >= 15 is 0 Å². The Bertz CT molecular complexity index is 648. The summed E-state index contributed by atoms with van der Waals surface area (Å²) in [6.45, 7) is 0. The van der Waals surface area contributed by atoms with Crippen LogP contribution in [0.5, 0.6) is 0 Å². The van der Waals surface area contributed by atoms with Gasteiger partial charge in [0.05, 0.1) is 0 Å². The van der Waals surface area contributed by atoms with Crippen LogP contribution in [0.15, 0.2) is 23.9 Å². The van der Waals surface area contributed by atoms with E-state index in [1.807, 2.05) is 0 Å². The van der Waals surface area contributed by atoms with E-state index in [2.05, 4.69) is 20.1 Å². The van der Waals surface area contributed by atoms with Crippen LogP contribution in [-0.4, -0.2) is 30.6 Å². The molecule has 0 amide bonds. The van der Waals surface area contributed by atoms with Crippen LogP contribution < -0.4 is 5.73 Å². The van der Waals surface area contributed by atoms with Crippen LogP contribution in [0.3, 0.4) is 0 Å². The summed E-state index contributed by atoms with van der Waals surface area (Å²) >= 11 is 0. The van der Waals surface area contributed by atoms with Crippen LogP contribution in [0.2, 0.25) is 0 Å². The summed E-state index contributed by atoms with van der Waals surface area (Å²) in [4.78, 5) is 12.9. The minimum Gasteiger partial charge on any atom is -0.409 e. The van der Waals surface area contributed by atoms with Crippen LogP contribution in [0.4, 0.5) is 0 Å². The van der Waals surface area contributed by atoms with E-state index in [-0.39, 0.29) is 5.84 Å². The lowest BCUT2D eigenvalue weighted by molar-refractivity contribution is 0.318. The molecule has 1 aliphatic carbocycles. The summed E-state index contributed by atoms with van der Waals surface area (Å²) in [7, 11) is 0. The molecule has 1 aliphatic rings. The molecule has 0 bridgehead atoms. The zero-order valence-corrected chi connectivity index (χ0v) is 11.0. The van der Waals surface area contributed by atoms with E-state index in [1.54, 1.807) is 23.3 Å². The Labute approximate surface area is 116 Å². The molecule has 0 aliphatic heterocycles. The molecule has 0 spiro atoms. The Hall–Kier alpha value is -2.44. The van der Waals surface area contributed by atoms with Gasteiger partial charge in [-0.2, -0.15) is 0 Å². The molecule has 2 aromatic heterocycles. The molecule has 2 aromatic rings. The third-order valence-electron chi connectivity index (χ3n) is 3.56. The minimum absolute atomic E-state index is 0.0315. The van der Waals surface area contributed by atoms with Gasteiger partial charge in [0.2, 0.25) is 5.84 Å². The van der Waals surface area contributed by atoms with E-state index in [0.717, 1.165) is 42.8 Å². The van der Waals surface area contributed by atoms with E-state index in [9.17, 15) is 0 Å². The summed E-state index contributed by atoms with van der Waals surface area (Å²) in [6.07, 6.45) is 10.3. The number of fused-ring (bicyclic) bond motifs is 1. The summed E-state index contributed by atoms with van der Waals surface area (Å²) < 4.78 is 1.75. The Morgan fingerprint density at radius 2 is 2.05 bits per heavy atom. The molecular weight excluding hydrogens is 256 g/mol. The van der Waals surface area contributed by atoms with Crippen LogP contribution in [0.1, 0.15) is 36.3 Å². The van der Waals surface area contributed by atoms with Gasteiger partial charge in [-0.25, -0.2) is 15.0 Å². The van der Waals surface area contributed by atoms with Crippen LogP contribution in [-0.2, 0) is 12.8 Å². The van der Waals surface area contributed by atoms with Gasteiger partial charge < -0.3 is 10.9 Å². The highest BCUT2D eigenvalue weighted by Crippen LogP contribution is 2.23. The fourth-order valence-electron chi connectivity index (χ4n) is 2.60. The van der Waals surface area contributed by atoms with Gasteiger partial charge in [-0.05, 0) is 25.7 Å². The quantitative estimate of drug-likeness (QED) is 0.279. The van der Waals surface area contributed by atoms with E-state index in [4.69, 9.17) is 10.9 Å². The second kappa shape index (κ2) is 5.28. The number of amidine groups is 1. The first kappa shape index (κ1) is 12.6. The fraction of sp³-hybridized carbons (Fsp3) is 0.385. The largest absolute Gasteiger partial charge is 0.409 e. The van der Waals surface area contributed by atoms with Crippen molar-refractivity contribution in [2.45, 2.75) is 32.1 Å². The number of aromatic nitrogens is 4. The van der Waals surface area contributed by atoms with Crippen molar-refractivity contribution in [1.82, 2.24) is 19.5 Å². The van der Waals surface area contributed by atoms with Crippen LogP contribution in [0.25, 0.3) is 5.82 Å².